The second kappa shape index (κ2) is 25.1. The molecule has 8 aromatic carbocycles. The molecule has 4 heterocycles. The Morgan fingerprint density at radius 2 is 0.697 bits per heavy atom. The van der Waals surface area contributed by atoms with Crippen molar-refractivity contribution in [2.45, 2.75) is 27.2 Å². The Hall–Kier alpha value is -7.20. The third-order valence-electron chi connectivity index (χ3n) is 12.2. The molecule has 12 nitrogen and oxygen atoms in total. The zero-order valence-corrected chi connectivity index (χ0v) is 49.9. The molecule has 8 aromatic rings. The van der Waals surface area contributed by atoms with Gasteiger partial charge in [-0.25, -0.2) is 0 Å². The van der Waals surface area contributed by atoms with Crippen molar-refractivity contribution in [1.29, 1.82) is 0 Å². The van der Waals surface area contributed by atoms with Gasteiger partial charge in [-0.05, 0) is 36.6 Å². The molecule has 8 amide bonds. The van der Waals surface area contributed by atoms with E-state index in [1.807, 2.05) is 38.1 Å². The Balaban J connectivity index is 0.000000167. The predicted molar refractivity (Wildman–Crippen MR) is 271 cm³/mol. The van der Waals surface area contributed by atoms with Crippen LogP contribution in [0.1, 0.15) is 111 Å². The van der Waals surface area contributed by atoms with Gasteiger partial charge in [-0.2, -0.15) is 132 Å². The van der Waals surface area contributed by atoms with Gasteiger partial charge in [0.25, 0.3) is 0 Å². The van der Waals surface area contributed by atoms with Crippen LogP contribution in [0, 0.1) is 57.2 Å². The molecule has 0 aliphatic carbocycles. The van der Waals surface area contributed by atoms with Gasteiger partial charge in [-0.3, -0.25) is 58.0 Å². The Bertz CT molecular complexity index is 3360. The summed E-state index contributed by atoms with van der Waals surface area (Å²) in [5, 5.41) is 0. The van der Waals surface area contributed by atoms with Gasteiger partial charge in [0, 0.05) is 39.8 Å². The number of nitrogens with zero attached hydrogens (tertiary/aromatic N) is 4. The summed E-state index contributed by atoms with van der Waals surface area (Å²) in [6, 6.07) is 62.8. The minimum Gasteiger partial charge on any atom is -0.290 e. The van der Waals surface area contributed by atoms with E-state index in [4.69, 9.17) is 0 Å². The number of anilines is 3. The Kier molecular flexibility index (Phi) is 19.2. The number of fused-ring (bicyclic) bond motifs is 4. The number of aryl methyl sites for hydroxylation is 3. The zero-order chi connectivity index (χ0) is 51.5. The second-order valence-electron chi connectivity index (χ2n) is 17.2. The molecular formula is C61H40N4O8W2Y-2. The van der Waals surface area contributed by atoms with E-state index in [1.54, 1.807) is 115 Å². The molecular weight excluding hydrogens is 1370 g/mol. The number of hydrogen-bond donors (Lipinski definition) is 0. The van der Waals surface area contributed by atoms with Crippen LogP contribution in [0.3, 0.4) is 0 Å². The molecule has 0 unspecified atom stereocenters. The first kappa shape index (κ1) is 58.1. The average Bonchev–Trinajstić information content (AvgIpc) is 4.00. The molecule has 0 saturated carbocycles. The molecule has 0 aromatic heterocycles. The van der Waals surface area contributed by atoms with Gasteiger partial charge >= 0.3 is 42.1 Å². The minimum absolute atomic E-state index is 0. The normalized spacial score (nSPS) is 13.4. The third-order valence-corrected chi connectivity index (χ3v) is 12.2. The first-order valence-electron chi connectivity index (χ1n) is 22.8. The molecule has 15 heteroatoms. The maximum absolute atomic E-state index is 12.6. The number of imide groups is 4. The van der Waals surface area contributed by atoms with Gasteiger partial charge in [-0.1, -0.05) is 112 Å². The van der Waals surface area contributed by atoms with E-state index in [1.165, 1.54) is 32.9 Å². The van der Waals surface area contributed by atoms with Crippen molar-refractivity contribution in [3.05, 3.63) is 266 Å². The number of carbonyl (C=O) groups is 8. The number of amides is 8. The number of benzene rings is 8. The topological polar surface area (TPSA) is 150 Å². The number of hydrogen-bond acceptors (Lipinski definition) is 8. The average molecular weight is 1410 g/mol. The maximum atomic E-state index is 12.6. The van der Waals surface area contributed by atoms with E-state index in [0.717, 1.165) is 28.0 Å². The van der Waals surface area contributed by atoms with E-state index in [2.05, 4.69) is 61.5 Å². The van der Waals surface area contributed by atoms with Crippen LogP contribution in [0.15, 0.2) is 158 Å². The van der Waals surface area contributed by atoms with Crippen molar-refractivity contribution in [1.82, 2.24) is 4.90 Å². The van der Waals surface area contributed by atoms with Crippen molar-refractivity contribution in [3.8, 4) is 0 Å². The van der Waals surface area contributed by atoms with Gasteiger partial charge in [0.1, 0.15) is 0 Å². The summed E-state index contributed by atoms with van der Waals surface area (Å²) in [4.78, 5) is 101. The quantitative estimate of drug-likeness (QED) is 0.122. The molecule has 4 aliphatic rings. The smallest absolute Gasteiger partial charge is 0.290 e. The molecule has 369 valence electrons. The number of carbonyl (C=O) groups excluding carboxylic acids is 8. The fraction of sp³-hybridized carbons (Fsp3) is 0.0820. The number of rotatable bonds is 5. The first-order chi connectivity index (χ1) is 35.2. The van der Waals surface area contributed by atoms with E-state index < -0.39 is 0 Å². The maximum Gasteiger partial charge on any atom is 2.00 e. The minimum atomic E-state index is -0.294. The van der Waals surface area contributed by atoms with Crippen molar-refractivity contribution >= 4 is 64.3 Å². The summed E-state index contributed by atoms with van der Waals surface area (Å²) in [7, 11) is 1.48. The third kappa shape index (κ3) is 11.8. The zero-order valence-electron chi connectivity index (χ0n) is 41.2. The summed E-state index contributed by atoms with van der Waals surface area (Å²) in [5.41, 5.74) is 10.5. The van der Waals surface area contributed by atoms with Crippen molar-refractivity contribution in [3.63, 3.8) is 0 Å². The van der Waals surface area contributed by atoms with Crippen molar-refractivity contribution in [2.75, 3.05) is 21.7 Å². The van der Waals surface area contributed by atoms with Crippen LogP contribution in [-0.2, 0) is 81.3 Å². The molecule has 76 heavy (non-hydrogen) atoms. The molecule has 0 N–H and O–H groups in total. The molecule has 4 aliphatic heterocycles. The summed E-state index contributed by atoms with van der Waals surface area (Å²) < 4.78 is 0. The van der Waals surface area contributed by atoms with Crippen LogP contribution in [0.2, 0.25) is 0 Å². The molecule has 0 bridgehead atoms. The van der Waals surface area contributed by atoms with Crippen LogP contribution in [-0.4, -0.2) is 59.2 Å². The molecule has 0 fully saturated rings. The molecule has 0 saturated heterocycles. The van der Waals surface area contributed by atoms with Crippen molar-refractivity contribution < 1.29 is 113 Å². The summed E-state index contributed by atoms with van der Waals surface area (Å²) in [6.07, 6.45) is 0.756. The van der Waals surface area contributed by atoms with Crippen LogP contribution in [0.5, 0.6) is 0 Å². The van der Waals surface area contributed by atoms with Crippen LogP contribution < -0.4 is 14.7 Å². The van der Waals surface area contributed by atoms with Crippen LogP contribution >= 0.6 is 0 Å². The Morgan fingerprint density at radius 3 is 1.07 bits per heavy atom. The summed E-state index contributed by atoms with van der Waals surface area (Å²) in [6.45, 7) is 5.81. The van der Waals surface area contributed by atoms with Gasteiger partial charge in [0.2, 0.25) is 47.3 Å². The van der Waals surface area contributed by atoms with E-state index in [9.17, 15) is 38.4 Å². The van der Waals surface area contributed by atoms with Crippen LogP contribution in [0.25, 0.3) is 0 Å². The van der Waals surface area contributed by atoms with Crippen molar-refractivity contribution in [2.24, 2.45) is 0 Å². The fourth-order valence-corrected chi connectivity index (χ4v) is 8.61. The molecule has 1 radical (unpaired) electrons. The van der Waals surface area contributed by atoms with Gasteiger partial charge in [-0.15, -0.1) is 24.3 Å². The monoisotopic (exact) mass is 1410 g/mol. The molecule has 12 rings (SSSR count). The predicted octanol–water partition coefficient (Wildman–Crippen LogP) is 9.68. The van der Waals surface area contributed by atoms with Crippen LogP contribution in [0.4, 0.5) is 17.1 Å². The van der Waals surface area contributed by atoms with Gasteiger partial charge in [0.15, 0.2) is 0 Å². The van der Waals surface area contributed by atoms with E-state index >= 15 is 0 Å². The fourth-order valence-electron chi connectivity index (χ4n) is 8.61. The molecule has 0 atom stereocenters. The Morgan fingerprint density at radius 1 is 0.368 bits per heavy atom. The summed E-state index contributed by atoms with van der Waals surface area (Å²) in [5.74, 6) is -2.19. The summed E-state index contributed by atoms with van der Waals surface area (Å²) >= 11 is 0. The molecule has 0 spiro atoms. The van der Waals surface area contributed by atoms with Gasteiger partial charge in [0.05, 0.1) is 5.69 Å². The SMILES string of the molecule is CN1C(=O)c2c[c-]ccc2C1=O.Cc1[c-]ccc(N2C(=O)c3c[c-]ccc3C2=O)c1.Cc1[c-]ccc(N2C(=O)c3c[c-]ccc3C2=O)c1.Cc1cccc(Cc2cccc(N3C(=O)c4c[c-]ccc4C3=O)c2)c1.[W+2].[W+2].[Y]. The second-order valence-corrected chi connectivity index (χ2v) is 17.2. The first-order valence-corrected chi connectivity index (χ1v) is 22.8. The standard InChI is InChI=1S/C22H16NO2.2C15H9NO2.C9H6NO2.2W.Y/c1-15-6-4-7-16(12-15)13-17-8-5-9-18(14-17)23-21(24)19-10-2-3-11-20(19)22(23)25;2*1-10-5-4-6-11(9-10)16-14(17)12-7-2-3-8-13(12)15(16)18;1-10-8(11)6-4-2-3-5-7(6)9(10)12;;;/h2,4-12,14H,13H2,1H3;2*2,4,6-9H,1H3;2,4-5H,1H3;;;/q-1;2*-2;-1;2*+2;. The Labute approximate surface area is 493 Å². The van der Waals surface area contributed by atoms with E-state index in [-0.39, 0.29) is 122 Å². The largest absolute Gasteiger partial charge is 2.00 e. The van der Waals surface area contributed by atoms with E-state index in [0.29, 0.717) is 61.6 Å². The van der Waals surface area contributed by atoms with Gasteiger partial charge < -0.3 is 0 Å².